The summed E-state index contributed by atoms with van der Waals surface area (Å²) < 4.78 is 23.8. The van der Waals surface area contributed by atoms with Crippen LogP contribution in [0.4, 0.5) is 0 Å². The molecule has 0 aliphatic carbocycles. The van der Waals surface area contributed by atoms with Crippen molar-refractivity contribution >= 4 is 10.0 Å². The largest absolute Gasteiger partial charge is 0.302 e. The minimum absolute atomic E-state index is 0.182. The Hall–Kier alpha value is -0.640. The molecular weight excluding hydrogens is 214 g/mol. The van der Waals surface area contributed by atoms with Crippen LogP contribution in [-0.4, -0.2) is 44.7 Å². The van der Waals surface area contributed by atoms with E-state index in [0.717, 1.165) is 0 Å². The molecular formula is C9H19N3O2S. The van der Waals surface area contributed by atoms with Crippen molar-refractivity contribution in [2.75, 3.05) is 25.9 Å². The summed E-state index contributed by atoms with van der Waals surface area (Å²) >= 11 is 0. The van der Waals surface area contributed by atoms with Crippen LogP contribution in [-0.2, 0) is 10.0 Å². The monoisotopic (exact) mass is 233 g/mol. The van der Waals surface area contributed by atoms with Gasteiger partial charge in [-0.2, -0.15) is 5.26 Å². The number of hydrogen-bond acceptors (Lipinski definition) is 4. The lowest BCUT2D eigenvalue weighted by Gasteiger charge is -2.17. The van der Waals surface area contributed by atoms with Gasteiger partial charge in [0, 0.05) is 13.1 Å². The van der Waals surface area contributed by atoms with Crippen molar-refractivity contribution in [1.29, 1.82) is 5.26 Å². The minimum atomic E-state index is -3.08. The molecule has 0 saturated carbocycles. The molecule has 5 nitrogen and oxygen atoms in total. The van der Waals surface area contributed by atoms with Gasteiger partial charge >= 0.3 is 0 Å². The van der Waals surface area contributed by atoms with Gasteiger partial charge in [0.05, 0.1) is 18.4 Å². The molecule has 1 unspecified atom stereocenters. The molecule has 0 fully saturated rings. The summed E-state index contributed by atoms with van der Waals surface area (Å²) in [6.45, 7) is 5.23. The summed E-state index contributed by atoms with van der Waals surface area (Å²) in [6, 6.07) is 1.87. The highest BCUT2D eigenvalue weighted by Gasteiger charge is 2.13. The number of nitriles is 1. The van der Waals surface area contributed by atoms with E-state index < -0.39 is 10.0 Å². The van der Waals surface area contributed by atoms with E-state index in [1.165, 1.54) is 10.6 Å². The molecule has 0 heterocycles. The third-order valence-electron chi connectivity index (χ3n) is 2.05. The predicted octanol–water partition coefficient (Wildman–Crippen LogP) is 0.160. The van der Waals surface area contributed by atoms with Crippen LogP contribution in [0.2, 0.25) is 0 Å². The first-order chi connectivity index (χ1) is 6.91. The SMILES string of the molecule is CCN(CCCNC(C)C#N)S(C)(=O)=O. The zero-order chi connectivity index (χ0) is 11.9. The van der Waals surface area contributed by atoms with Gasteiger partial charge in [-0.1, -0.05) is 6.92 Å². The standard InChI is InChI=1S/C9H19N3O2S/c1-4-12(15(3,13)14)7-5-6-11-9(2)8-10/h9,11H,4-7H2,1-3H3. The van der Waals surface area contributed by atoms with E-state index in [-0.39, 0.29) is 6.04 Å². The van der Waals surface area contributed by atoms with Gasteiger partial charge in [0.25, 0.3) is 0 Å². The Balaban J connectivity index is 3.81. The van der Waals surface area contributed by atoms with Crippen molar-refractivity contribution in [3.63, 3.8) is 0 Å². The Morgan fingerprint density at radius 3 is 2.53 bits per heavy atom. The summed E-state index contributed by atoms with van der Waals surface area (Å²) in [5.74, 6) is 0. The molecule has 0 aromatic rings. The molecule has 0 aromatic carbocycles. The molecule has 0 rings (SSSR count). The molecule has 1 atom stereocenters. The second kappa shape index (κ2) is 6.77. The maximum absolute atomic E-state index is 11.2. The molecule has 6 heteroatoms. The van der Waals surface area contributed by atoms with Crippen LogP contribution in [0.15, 0.2) is 0 Å². The molecule has 0 radical (unpaired) electrons. The number of sulfonamides is 1. The van der Waals surface area contributed by atoms with Gasteiger partial charge in [-0.25, -0.2) is 12.7 Å². The summed E-state index contributed by atoms with van der Waals surface area (Å²) in [5, 5.41) is 11.5. The van der Waals surface area contributed by atoms with Crippen LogP contribution in [0, 0.1) is 11.3 Å². The Morgan fingerprint density at radius 1 is 1.53 bits per heavy atom. The number of rotatable bonds is 7. The third kappa shape index (κ3) is 6.44. The quantitative estimate of drug-likeness (QED) is 0.636. The van der Waals surface area contributed by atoms with E-state index in [1.807, 2.05) is 6.92 Å². The lowest BCUT2D eigenvalue weighted by atomic mass is 10.3. The van der Waals surface area contributed by atoms with Crippen LogP contribution in [0.25, 0.3) is 0 Å². The molecule has 0 bridgehead atoms. The summed E-state index contributed by atoms with van der Waals surface area (Å²) in [7, 11) is -3.08. The third-order valence-corrected chi connectivity index (χ3v) is 3.43. The van der Waals surface area contributed by atoms with E-state index in [4.69, 9.17) is 5.26 Å². The molecule has 1 N–H and O–H groups in total. The first kappa shape index (κ1) is 14.4. The van der Waals surface area contributed by atoms with Crippen molar-refractivity contribution in [1.82, 2.24) is 9.62 Å². The zero-order valence-electron chi connectivity index (χ0n) is 9.52. The lowest BCUT2D eigenvalue weighted by Crippen LogP contribution is -2.33. The minimum Gasteiger partial charge on any atom is -0.302 e. The van der Waals surface area contributed by atoms with Crippen LogP contribution in [0.1, 0.15) is 20.3 Å². The Labute approximate surface area is 92.1 Å². The van der Waals surface area contributed by atoms with Gasteiger partial charge in [-0.15, -0.1) is 0 Å². The fourth-order valence-electron chi connectivity index (χ4n) is 1.18. The number of hydrogen-bond donors (Lipinski definition) is 1. The van der Waals surface area contributed by atoms with Crippen molar-refractivity contribution < 1.29 is 8.42 Å². The van der Waals surface area contributed by atoms with Crippen LogP contribution in [0.5, 0.6) is 0 Å². The molecule has 0 aliphatic heterocycles. The number of nitrogens with zero attached hydrogens (tertiary/aromatic N) is 2. The molecule has 0 aliphatic rings. The van der Waals surface area contributed by atoms with Crippen molar-refractivity contribution in [3.8, 4) is 6.07 Å². The summed E-state index contributed by atoms with van der Waals surface area (Å²) in [5.41, 5.74) is 0. The summed E-state index contributed by atoms with van der Waals surface area (Å²) in [4.78, 5) is 0. The maximum atomic E-state index is 11.2. The van der Waals surface area contributed by atoms with Crippen molar-refractivity contribution in [3.05, 3.63) is 0 Å². The normalized spacial score (nSPS) is 13.8. The highest BCUT2D eigenvalue weighted by molar-refractivity contribution is 7.88. The second-order valence-corrected chi connectivity index (χ2v) is 5.40. The predicted molar refractivity (Wildman–Crippen MR) is 59.8 cm³/mol. The van der Waals surface area contributed by atoms with Gasteiger partial charge in [0.1, 0.15) is 0 Å². The van der Waals surface area contributed by atoms with Crippen molar-refractivity contribution in [2.45, 2.75) is 26.3 Å². The molecule has 0 saturated heterocycles. The van der Waals surface area contributed by atoms with Gasteiger partial charge in [-0.05, 0) is 19.9 Å². The van der Waals surface area contributed by atoms with Gasteiger partial charge in [-0.3, -0.25) is 0 Å². The van der Waals surface area contributed by atoms with E-state index in [9.17, 15) is 8.42 Å². The smallest absolute Gasteiger partial charge is 0.211 e. The molecule has 0 aromatic heterocycles. The van der Waals surface area contributed by atoms with Crippen LogP contribution >= 0.6 is 0 Å². The lowest BCUT2D eigenvalue weighted by molar-refractivity contribution is 0.417. The average Bonchev–Trinajstić information content (AvgIpc) is 2.15. The second-order valence-electron chi connectivity index (χ2n) is 3.41. The first-order valence-corrected chi connectivity index (χ1v) is 6.84. The van der Waals surface area contributed by atoms with Gasteiger partial charge in [0.15, 0.2) is 0 Å². The fraction of sp³-hybridized carbons (Fsp3) is 0.889. The topological polar surface area (TPSA) is 73.2 Å². The van der Waals surface area contributed by atoms with E-state index in [2.05, 4.69) is 11.4 Å². The van der Waals surface area contributed by atoms with Gasteiger partial charge < -0.3 is 5.32 Å². The molecule has 15 heavy (non-hydrogen) atoms. The van der Waals surface area contributed by atoms with Gasteiger partial charge in [0.2, 0.25) is 10.0 Å². The zero-order valence-corrected chi connectivity index (χ0v) is 10.3. The van der Waals surface area contributed by atoms with E-state index in [0.29, 0.717) is 26.1 Å². The first-order valence-electron chi connectivity index (χ1n) is 5.00. The summed E-state index contributed by atoms with van der Waals surface area (Å²) in [6.07, 6.45) is 1.93. The van der Waals surface area contributed by atoms with E-state index in [1.54, 1.807) is 6.92 Å². The molecule has 0 amide bonds. The maximum Gasteiger partial charge on any atom is 0.211 e. The Morgan fingerprint density at radius 2 is 2.13 bits per heavy atom. The van der Waals surface area contributed by atoms with E-state index >= 15 is 0 Å². The van der Waals surface area contributed by atoms with Crippen LogP contribution in [0.3, 0.4) is 0 Å². The number of nitrogens with one attached hydrogen (secondary N) is 1. The fourth-order valence-corrected chi connectivity index (χ4v) is 2.11. The average molecular weight is 233 g/mol. The Kier molecular flexibility index (Phi) is 6.48. The molecule has 88 valence electrons. The van der Waals surface area contributed by atoms with Crippen molar-refractivity contribution in [2.24, 2.45) is 0 Å². The highest BCUT2D eigenvalue weighted by atomic mass is 32.2. The highest BCUT2D eigenvalue weighted by Crippen LogP contribution is 1.98. The Bertz CT molecular complexity index is 308. The molecule has 0 spiro atoms. The van der Waals surface area contributed by atoms with Crippen LogP contribution < -0.4 is 5.32 Å².